The lowest BCUT2D eigenvalue weighted by Gasteiger charge is -2.27. The summed E-state index contributed by atoms with van der Waals surface area (Å²) >= 11 is 0. The van der Waals surface area contributed by atoms with Crippen molar-refractivity contribution in [3.63, 3.8) is 0 Å². The summed E-state index contributed by atoms with van der Waals surface area (Å²) in [4.78, 5) is 13.9. The number of methoxy groups -OCH3 is 1. The highest BCUT2D eigenvalue weighted by atomic mass is 16.5. The highest BCUT2D eigenvalue weighted by molar-refractivity contribution is 5.80. The molecule has 0 unspecified atom stereocenters. The van der Waals surface area contributed by atoms with Gasteiger partial charge in [0.1, 0.15) is 11.9 Å². The third-order valence-corrected chi connectivity index (χ3v) is 3.46. The van der Waals surface area contributed by atoms with Gasteiger partial charge in [-0.1, -0.05) is 12.1 Å². The van der Waals surface area contributed by atoms with Gasteiger partial charge in [-0.3, -0.25) is 4.79 Å². The van der Waals surface area contributed by atoms with Crippen LogP contribution in [0.3, 0.4) is 0 Å². The summed E-state index contributed by atoms with van der Waals surface area (Å²) in [5.74, 6) is 0.865. The summed E-state index contributed by atoms with van der Waals surface area (Å²) in [5.41, 5.74) is 1.18. The average molecular weight is 279 g/mol. The molecule has 0 spiro atoms. The summed E-state index contributed by atoms with van der Waals surface area (Å²) in [5, 5.41) is 0. The van der Waals surface area contributed by atoms with Gasteiger partial charge in [0.15, 0.2) is 0 Å². The Kier molecular flexibility index (Phi) is 6.52. The minimum Gasteiger partial charge on any atom is -0.497 e. The average Bonchev–Trinajstić information content (AvgIpc) is 2.46. The largest absolute Gasteiger partial charge is 0.497 e. The second kappa shape index (κ2) is 7.90. The molecule has 0 bridgehead atoms. The van der Waals surface area contributed by atoms with Crippen molar-refractivity contribution in [3.8, 4) is 5.75 Å². The van der Waals surface area contributed by atoms with Gasteiger partial charge in [0.2, 0.25) is 0 Å². The molecule has 2 atom stereocenters. The van der Waals surface area contributed by atoms with Gasteiger partial charge in [0, 0.05) is 19.7 Å². The molecule has 0 saturated carbocycles. The van der Waals surface area contributed by atoms with Crippen molar-refractivity contribution in [2.24, 2.45) is 0 Å². The van der Waals surface area contributed by atoms with Gasteiger partial charge in [-0.15, -0.1) is 0 Å². The fraction of sp³-hybridized carbons (Fsp3) is 0.562. The van der Waals surface area contributed by atoms with Crippen LogP contribution < -0.4 is 4.74 Å². The lowest BCUT2D eigenvalue weighted by molar-refractivity contribution is -0.142. The second-order valence-corrected chi connectivity index (χ2v) is 4.95. The Morgan fingerprint density at radius 2 is 1.85 bits per heavy atom. The molecule has 4 nitrogen and oxygen atoms in total. The van der Waals surface area contributed by atoms with E-state index < -0.39 is 0 Å². The summed E-state index contributed by atoms with van der Waals surface area (Å²) in [6.07, 6.45) is 0.425. The molecule has 1 aromatic carbocycles. The standard InChI is InChI=1S/C16H25NO3/c1-6-20-13(3)16(18)17(4)12(2)11-14-7-9-15(19-5)10-8-14/h7-10,12-13H,6,11H2,1-5H3/t12-,13+/m1/s1. The molecule has 0 radical (unpaired) electrons. The number of hydrogen-bond acceptors (Lipinski definition) is 3. The normalized spacial score (nSPS) is 13.7. The first-order valence-electron chi connectivity index (χ1n) is 7.00. The van der Waals surface area contributed by atoms with E-state index in [4.69, 9.17) is 9.47 Å². The summed E-state index contributed by atoms with van der Waals surface area (Å²) in [6, 6.07) is 8.05. The number of likely N-dealkylation sites (N-methyl/N-ethyl adjacent to an activating group) is 1. The lowest BCUT2D eigenvalue weighted by Crippen LogP contribution is -2.42. The first-order valence-corrected chi connectivity index (χ1v) is 7.00. The molecular formula is C16H25NO3. The number of carbonyl (C=O) groups excluding carboxylic acids is 1. The van der Waals surface area contributed by atoms with Crippen molar-refractivity contribution in [1.29, 1.82) is 0 Å². The van der Waals surface area contributed by atoms with Gasteiger partial charge in [-0.25, -0.2) is 0 Å². The number of carbonyl (C=O) groups is 1. The predicted octanol–water partition coefficient (Wildman–Crippen LogP) is 2.51. The van der Waals surface area contributed by atoms with E-state index in [0.717, 1.165) is 12.2 Å². The number of benzene rings is 1. The van der Waals surface area contributed by atoms with Crippen molar-refractivity contribution in [1.82, 2.24) is 4.90 Å². The molecule has 0 heterocycles. The zero-order valence-electron chi connectivity index (χ0n) is 13.1. The van der Waals surface area contributed by atoms with Crippen LogP contribution in [0.15, 0.2) is 24.3 Å². The van der Waals surface area contributed by atoms with Gasteiger partial charge in [0.25, 0.3) is 5.91 Å². The van der Waals surface area contributed by atoms with Gasteiger partial charge in [-0.05, 0) is 44.9 Å². The Morgan fingerprint density at radius 1 is 1.25 bits per heavy atom. The van der Waals surface area contributed by atoms with Crippen LogP contribution in [0, 0.1) is 0 Å². The van der Waals surface area contributed by atoms with E-state index >= 15 is 0 Å². The zero-order chi connectivity index (χ0) is 15.1. The molecule has 0 aliphatic rings. The van der Waals surface area contributed by atoms with Gasteiger partial charge in [0.05, 0.1) is 7.11 Å². The second-order valence-electron chi connectivity index (χ2n) is 4.95. The molecule has 112 valence electrons. The highest BCUT2D eigenvalue weighted by Crippen LogP contribution is 2.14. The maximum Gasteiger partial charge on any atom is 0.251 e. The van der Waals surface area contributed by atoms with E-state index in [1.54, 1.807) is 18.9 Å². The minimum absolute atomic E-state index is 0.0212. The van der Waals surface area contributed by atoms with Crippen LogP contribution in [0.25, 0.3) is 0 Å². The number of nitrogens with zero attached hydrogens (tertiary/aromatic N) is 1. The maximum atomic E-state index is 12.1. The third-order valence-electron chi connectivity index (χ3n) is 3.46. The van der Waals surface area contributed by atoms with Crippen LogP contribution in [0.4, 0.5) is 0 Å². The fourth-order valence-electron chi connectivity index (χ4n) is 2.06. The molecule has 0 N–H and O–H groups in total. The van der Waals surface area contributed by atoms with Crippen LogP contribution >= 0.6 is 0 Å². The van der Waals surface area contributed by atoms with Crippen molar-refractivity contribution >= 4 is 5.91 Å². The van der Waals surface area contributed by atoms with Crippen LogP contribution in [0.5, 0.6) is 5.75 Å². The molecule has 1 aromatic rings. The van der Waals surface area contributed by atoms with Gasteiger partial charge >= 0.3 is 0 Å². The van der Waals surface area contributed by atoms with E-state index in [9.17, 15) is 4.79 Å². The summed E-state index contributed by atoms with van der Waals surface area (Å²) in [6.45, 7) is 6.28. The van der Waals surface area contributed by atoms with Crippen molar-refractivity contribution in [2.45, 2.75) is 39.3 Å². The first kappa shape index (κ1) is 16.5. The van der Waals surface area contributed by atoms with Crippen molar-refractivity contribution in [3.05, 3.63) is 29.8 Å². The number of hydrogen-bond donors (Lipinski definition) is 0. The maximum absolute atomic E-state index is 12.1. The predicted molar refractivity (Wildman–Crippen MR) is 80.0 cm³/mol. The lowest BCUT2D eigenvalue weighted by atomic mass is 10.1. The van der Waals surface area contributed by atoms with Crippen molar-refractivity contribution in [2.75, 3.05) is 20.8 Å². The van der Waals surface area contributed by atoms with Crippen LogP contribution in [-0.4, -0.2) is 43.7 Å². The number of rotatable bonds is 7. The first-order chi connectivity index (χ1) is 9.49. The van der Waals surface area contributed by atoms with E-state index in [1.807, 2.05) is 45.2 Å². The molecule has 0 aliphatic carbocycles. The Bertz CT molecular complexity index is 416. The van der Waals surface area contributed by atoms with Gasteiger partial charge < -0.3 is 14.4 Å². The molecule has 0 saturated heterocycles. The van der Waals surface area contributed by atoms with E-state index in [1.165, 1.54) is 5.56 Å². The summed E-state index contributed by atoms with van der Waals surface area (Å²) < 4.78 is 10.5. The molecule has 0 fully saturated rings. The molecule has 1 rings (SSSR count). The highest BCUT2D eigenvalue weighted by Gasteiger charge is 2.21. The van der Waals surface area contributed by atoms with E-state index in [2.05, 4.69) is 0 Å². The van der Waals surface area contributed by atoms with Crippen LogP contribution in [0.2, 0.25) is 0 Å². The molecule has 0 aromatic heterocycles. The minimum atomic E-state index is -0.386. The topological polar surface area (TPSA) is 38.8 Å². The Morgan fingerprint density at radius 3 is 2.35 bits per heavy atom. The van der Waals surface area contributed by atoms with E-state index in [0.29, 0.717) is 6.61 Å². The molecular weight excluding hydrogens is 254 g/mol. The Balaban J connectivity index is 2.60. The van der Waals surface area contributed by atoms with E-state index in [-0.39, 0.29) is 18.1 Å². The number of ether oxygens (including phenoxy) is 2. The molecule has 20 heavy (non-hydrogen) atoms. The fourth-order valence-corrected chi connectivity index (χ4v) is 2.06. The zero-order valence-corrected chi connectivity index (χ0v) is 13.1. The van der Waals surface area contributed by atoms with Gasteiger partial charge in [-0.2, -0.15) is 0 Å². The Hall–Kier alpha value is -1.55. The molecule has 0 aliphatic heterocycles. The SMILES string of the molecule is CCO[C@@H](C)C(=O)N(C)[C@H](C)Cc1ccc(OC)cc1. The van der Waals surface area contributed by atoms with Crippen LogP contribution in [0.1, 0.15) is 26.3 Å². The Labute approximate surface area is 121 Å². The molecule has 4 heteroatoms. The third kappa shape index (κ3) is 4.53. The van der Waals surface area contributed by atoms with Crippen molar-refractivity contribution < 1.29 is 14.3 Å². The van der Waals surface area contributed by atoms with Crippen LogP contribution in [-0.2, 0) is 16.0 Å². The summed E-state index contributed by atoms with van der Waals surface area (Å²) in [7, 11) is 3.48. The smallest absolute Gasteiger partial charge is 0.251 e. The quantitative estimate of drug-likeness (QED) is 0.770. The molecule has 1 amide bonds. The monoisotopic (exact) mass is 279 g/mol. The number of amides is 1.